The molecule has 4 N–H and O–H groups in total. The zero-order valence-corrected chi connectivity index (χ0v) is 20.0. The number of hydrogen-bond acceptors (Lipinski definition) is 7. The van der Waals surface area contributed by atoms with Crippen LogP contribution in [-0.4, -0.2) is 21.8 Å². The van der Waals surface area contributed by atoms with Gasteiger partial charge in [0.05, 0.1) is 11.2 Å². The number of aromatic hydroxyl groups is 1. The standard InChI is InChI=1S/C27H24N4O6/c1-16-3-5-18(6-4-16)17(2)28-21-10-7-19(8-11-21)22-13-14-37-25(22)27(34)30-29-26(33)20-9-12-24(32)23(15-20)31(35)36/h3-15,17,28,32H,1-2H3,(H,29,33)(H,30,34). The summed E-state index contributed by atoms with van der Waals surface area (Å²) in [5, 5.41) is 23.9. The van der Waals surface area contributed by atoms with Crippen LogP contribution in [0.2, 0.25) is 0 Å². The maximum Gasteiger partial charge on any atom is 0.311 e. The highest BCUT2D eigenvalue weighted by atomic mass is 16.6. The predicted octanol–water partition coefficient (Wildman–Crippen LogP) is 5.12. The smallest absolute Gasteiger partial charge is 0.311 e. The molecule has 10 nitrogen and oxygen atoms in total. The fourth-order valence-corrected chi connectivity index (χ4v) is 3.70. The summed E-state index contributed by atoms with van der Waals surface area (Å²) in [5.41, 5.74) is 8.19. The molecule has 0 radical (unpaired) electrons. The largest absolute Gasteiger partial charge is 0.502 e. The normalized spacial score (nSPS) is 11.4. The first-order valence-electron chi connectivity index (χ1n) is 11.3. The molecule has 0 aliphatic carbocycles. The van der Waals surface area contributed by atoms with Crippen molar-refractivity contribution >= 4 is 23.2 Å². The number of nitrogens with one attached hydrogen (secondary N) is 3. The number of aryl methyl sites for hydroxylation is 1. The minimum atomic E-state index is -0.816. The molecule has 2 amide bonds. The summed E-state index contributed by atoms with van der Waals surface area (Å²) in [7, 11) is 0. The fraction of sp³-hybridized carbons (Fsp3) is 0.111. The van der Waals surface area contributed by atoms with Crippen LogP contribution in [0.15, 0.2) is 83.5 Å². The van der Waals surface area contributed by atoms with Gasteiger partial charge >= 0.3 is 11.6 Å². The third-order valence-electron chi connectivity index (χ3n) is 5.75. The number of nitrogens with zero attached hydrogens (tertiary/aromatic N) is 1. The van der Waals surface area contributed by atoms with Gasteiger partial charge in [0.1, 0.15) is 0 Å². The number of carbonyl (C=O) groups excluding carboxylic acids is 2. The second-order valence-electron chi connectivity index (χ2n) is 8.39. The molecule has 10 heteroatoms. The van der Waals surface area contributed by atoms with Crippen molar-refractivity contribution in [1.82, 2.24) is 10.9 Å². The van der Waals surface area contributed by atoms with Crippen molar-refractivity contribution in [2.45, 2.75) is 19.9 Å². The Morgan fingerprint density at radius 2 is 1.62 bits per heavy atom. The van der Waals surface area contributed by atoms with Gasteiger partial charge in [-0.2, -0.15) is 0 Å². The molecule has 0 saturated heterocycles. The molecule has 0 saturated carbocycles. The van der Waals surface area contributed by atoms with E-state index < -0.39 is 28.2 Å². The number of anilines is 1. The van der Waals surface area contributed by atoms with Crippen LogP contribution in [-0.2, 0) is 0 Å². The molecule has 0 aliphatic rings. The molecule has 0 aliphatic heterocycles. The number of carbonyl (C=O) groups is 2. The number of nitro benzene ring substituents is 1. The zero-order valence-electron chi connectivity index (χ0n) is 20.0. The van der Waals surface area contributed by atoms with Gasteiger partial charge in [-0.15, -0.1) is 0 Å². The van der Waals surface area contributed by atoms with Crippen LogP contribution in [0.3, 0.4) is 0 Å². The van der Waals surface area contributed by atoms with Gasteiger partial charge in [0.2, 0.25) is 5.76 Å². The molecular formula is C27H24N4O6. The van der Waals surface area contributed by atoms with Gasteiger partial charge in [-0.25, -0.2) is 0 Å². The minimum absolute atomic E-state index is 0.0225. The molecular weight excluding hydrogens is 476 g/mol. The summed E-state index contributed by atoms with van der Waals surface area (Å²) in [4.78, 5) is 35.2. The number of nitro groups is 1. The van der Waals surface area contributed by atoms with Gasteiger partial charge in [0.25, 0.3) is 5.91 Å². The first-order chi connectivity index (χ1) is 17.7. The maximum absolute atomic E-state index is 12.7. The first kappa shape index (κ1) is 25.0. The summed E-state index contributed by atoms with van der Waals surface area (Å²) < 4.78 is 5.35. The summed E-state index contributed by atoms with van der Waals surface area (Å²) in [6, 6.07) is 20.7. The van der Waals surface area contributed by atoms with E-state index >= 15 is 0 Å². The van der Waals surface area contributed by atoms with Gasteiger partial charge < -0.3 is 14.8 Å². The van der Waals surface area contributed by atoms with Gasteiger partial charge in [-0.1, -0.05) is 42.0 Å². The molecule has 1 atom stereocenters. The topological polar surface area (TPSA) is 147 Å². The van der Waals surface area contributed by atoms with Crippen LogP contribution in [0.25, 0.3) is 11.1 Å². The summed E-state index contributed by atoms with van der Waals surface area (Å²) in [6.45, 7) is 4.12. The Morgan fingerprint density at radius 3 is 2.30 bits per heavy atom. The van der Waals surface area contributed by atoms with Gasteiger partial charge in [-0.3, -0.25) is 30.6 Å². The molecule has 1 heterocycles. The quantitative estimate of drug-likeness (QED) is 0.203. The maximum atomic E-state index is 12.7. The Morgan fingerprint density at radius 1 is 0.946 bits per heavy atom. The molecule has 4 rings (SSSR count). The summed E-state index contributed by atoms with van der Waals surface area (Å²) >= 11 is 0. The molecule has 0 fully saturated rings. The predicted molar refractivity (Wildman–Crippen MR) is 137 cm³/mol. The molecule has 1 aromatic heterocycles. The Balaban J connectivity index is 1.41. The van der Waals surface area contributed by atoms with E-state index in [1.165, 1.54) is 17.9 Å². The lowest BCUT2D eigenvalue weighted by atomic mass is 10.0. The lowest BCUT2D eigenvalue weighted by Crippen LogP contribution is -2.41. The lowest BCUT2D eigenvalue weighted by molar-refractivity contribution is -0.385. The monoisotopic (exact) mass is 500 g/mol. The van der Waals surface area contributed by atoms with Crippen molar-refractivity contribution in [2.75, 3.05) is 5.32 Å². The number of phenols is 1. The number of furan rings is 1. The van der Waals surface area contributed by atoms with Crippen LogP contribution < -0.4 is 16.2 Å². The number of benzene rings is 3. The molecule has 0 bridgehead atoms. The summed E-state index contributed by atoms with van der Waals surface area (Å²) in [5.74, 6) is -2.11. The lowest BCUT2D eigenvalue weighted by Gasteiger charge is -2.16. The SMILES string of the molecule is Cc1ccc(C(C)Nc2ccc(-c3ccoc3C(=O)NNC(=O)c3ccc(O)c([N+](=O)[O-])c3)cc2)cc1. The highest BCUT2D eigenvalue weighted by Gasteiger charge is 2.20. The van der Waals surface area contributed by atoms with Crippen LogP contribution in [0.4, 0.5) is 11.4 Å². The van der Waals surface area contributed by atoms with E-state index in [0.29, 0.717) is 5.56 Å². The van der Waals surface area contributed by atoms with E-state index in [-0.39, 0.29) is 17.4 Å². The average Bonchev–Trinajstić information content (AvgIpc) is 3.38. The Labute approximate surface area is 212 Å². The number of hydrogen-bond donors (Lipinski definition) is 4. The fourth-order valence-electron chi connectivity index (χ4n) is 3.70. The second kappa shape index (κ2) is 10.6. The van der Waals surface area contributed by atoms with E-state index in [0.717, 1.165) is 28.9 Å². The first-order valence-corrected chi connectivity index (χ1v) is 11.3. The Kier molecular flexibility index (Phi) is 7.19. The van der Waals surface area contributed by atoms with Crippen LogP contribution in [0.1, 0.15) is 45.0 Å². The van der Waals surface area contributed by atoms with Gasteiger partial charge in [0.15, 0.2) is 5.75 Å². The molecule has 1 unspecified atom stereocenters. The van der Waals surface area contributed by atoms with E-state index in [1.54, 1.807) is 6.07 Å². The molecule has 4 aromatic rings. The van der Waals surface area contributed by atoms with Crippen molar-refractivity contribution < 1.29 is 24.0 Å². The number of rotatable bonds is 7. The van der Waals surface area contributed by atoms with E-state index in [2.05, 4.69) is 47.4 Å². The second-order valence-corrected chi connectivity index (χ2v) is 8.39. The van der Waals surface area contributed by atoms with E-state index in [4.69, 9.17) is 4.42 Å². The number of amides is 2. The van der Waals surface area contributed by atoms with Crippen LogP contribution in [0.5, 0.6) is 5.75 Å². The molecule has 0 spiro atoms. The average molecular weight is 501 g/mol. The van der Waals surface area contributed by atoms with Crippen LogP contribution >= 0.6 is 0 Å². The zero-order chi connectivity index (χ0) is 26.5. The summed E-state index contributed by atoms with van der Waals surface area (Å²) in [6.07, 6.45) is 1.36. The van der Waals surface area contributed by atoms with Crippen molar-refractivity contribution in [2.24, 2.45) is 0 Å². The van der Waals surface area contributed by atoms with Crippen molar-refractivity contribution in [3.8, 4) is 16.9 Å². The van der Waals surface area contributed by atoms with Gasteiger partial charge in [0, 0.05) is 28.9 Å². The molecule has 188 valence electrons. The highest BCUT2D eigenvalue weighted by Crippen LogP contribution is 2.28. The number of phenolic OH excluding ortho intramolecular Hbond substituents is 1. The number of hydrazine groups is 1. The van der Waals surface area contributed by atoms with Gasteiger partial charge in [-0.05, 0) is 55.3 Å². The van der Waals surface area contributed by atoms with Crippen molar-refractivity contribution in [1.29, 1.82) is 0 Å². The van der Waals surface area contributed by atoms with E-state index in [9.17, 15) is 24.8 Å². The van der Waals surface area contributed by atoms with Crippen molar-refractivity contribution in [3.63, 3.8) is 0 Å². The van der Waals surface area contributed by atoms with E-state index in [1.807, 2.05) is 31.2 Å². The minimum Gasteiger partial charge on any atom is -0.502 e. The highest BCUT2D eigenvalue weighted by molar-refractivity contribution is 6.01. The third-order valence-corrected chi connectivity index (χ3v) is 5.75. The molecule has 3 aromatic carbocycles. The molecule has 37 heavy (non-hydrogen) atoms. The Bertz CT molecular complexity index is 1440. The van der Waals surface area contributed by atoms with Crippen LogP contribution in [0, 0.1) is 17.0 Å². The van der Waals surface area contributed by atoms with Crippen molar-refractivity contribution in [3.05, 3.63) is 112 Å². The third kappa shape index (κ3) is 5.76. The Hall–Kier alpha value is -5.12.